The van der Waals surface area contributed by atoms with Gasteiger partial charge in [0.15, 0.2) is 0 Å². The van der Waals surface area contributed by atoms with E-state index in [4.69, 9.17) is 0 Å². The fourth-order valence-corrected chi connectivity index (χ4v) is 2.40. The predicted molar refractivity (Wildman–Crippen MR) is 84.2 cm³/mol. The monoisotopic (exact) mass is 298 g/mol. The van der Waals surface area contributed by atoms with E-state index < -0.39 is 0 Å². The van der Waals surface area contributed by atoms with Crippen molar-refractivity contribution in [3.8, 4) is 0 Å². The molecule has 22 heavy (non-hydrogen) atoms. The van der Waals surface area contributed by atoms with Crippen LogP contribution in [0, 0.1) is 13.8 Å². The zero-order chi connectivity index (χ0) is 15.7. The summed E-state index contributed by atoms with van der Waals surface area (Å²) in [4.78, 5) is 22.8. The summed E-state index contributed by atoms with van der Waals surface area (Å²) in [7, 11) is 0. The van der Waals surface area contributed by atoms with Crippen molar-refractivity contribution in [2.75, 3.05) is 0 Å². The van der Waals surface area contributed by atoms with Crippen LogP contribution in [0.25, 0.3) is 0 Å². The summed E-state index contributed by atoms with van der Waals surface area (Å²) in [5.41, 5.74) is 3.53. The summed E-state index contributed by atoms with van der Waals surface area (Å²) in [6, 6.07) is 8.10. The summed E-state index contributed by atoms with van der Waals surface area (Å²) in [5, 5.41) is 5.55. The number of nitrogens with one attached hydrogen (secondary N) is 2. The van der Waals surface area contributed by atoms with Crippen molar-refractivity contribution < 1.29 is 0 Å². The summed E-state index contributed by atoms with van der Waals surface area (Å²) < 4.78 is 3.55. The Balaban J connectivity index is 1.72. The van der Waals surface area contributed by atoms with Crippen molar-refractivity contribution in [2.24, 2.45) is 0 Å². The van der Waals surface area contributed by atoms with Crippen LogP contribution in [-0.2, 0) is 13.1 Å². The molecule has 0 aliphatic carbocycles. The van der Waals surface area contributed by atoms with Crippen LogP contribution in [0.15, 0.2) is 46.2 Å². The molecule has 0 bridgehead atoms. The predicted octanol–water partition coefficient (Wildman–Crippen LogP) is 1.38. The molecular weight excluding hydrogens is 280 g/mol. The molecule has 6 heteroatoms. The number of H-pyrrole nitrogens is 2. The minimum Gasteiger partial charge on any atom is -0.288 e. The van der Waals surface area contributed by atoms with Gasteiger partial charge in [-0.3, -0.25) is 29.2 Å². The van der Waals surface area contributed by atoms with E-state index in [-0.39, 0.29) is 11.1 Å². The number of aromatic nitrogens is 4. The number of hydrogen-bond acceptors (Lipinski definition) is 2. The van der Waals surface area contributed by atoms with Crippen LogP contribution >= 0.6 is 0 Å². The van der Waals surface area contributed by atoms with E-state index in [9.17, 15) is 9.59 Å². The minimum atomic E-state index is -0.0523. The van der Waals surface area contributed by atoms with Gasteiger partial charge < -0.3 is 0 Å². The Morgan fingerprint density at radius 3 is 1.41 bits per heavy atom. The number of rotatable bonds is 4. The standard InChI is InChI=1S/C16H18N4O2/c1-11-7-19(17-15(11)21)9-13-3-5-14(6-4-13)10-20-8-12(2)16(22)18-20/h3-8H,9-10H2,1-2H3,(H,17,21)(H,18,22). The molecule has 2 N–H and O–H groups in total. The molecular formula is C16H18N4O2. The average molecular weight is 298 g/mol. The quantitative estimate of drug-likeness (QED) is 0.763. The summed E-state index contributed by atoms with van der Waals surface area (Å²) in [6.45, 7) is 4.84. The second-order valence-electron chi connectivity index (χ2n) is 5.58. The fourth-order valence-electron chi connectivity index (χ4n) is 2.40. The zero-order valence-corrected chi connectivity index (χ0v) is 12.6. The van der Waals surface area contributed by atoms with Crippen molar-refractivity contribution in [3.05, 3.63) is 79.6 Å². The molecule has 0 unspecified atom stereocenters. The Labute approximate surface area is 127 Å². The molecule has 114 valence electrons. The molecule has 0 aliphatic heterocycles. The lowest BCUT2D eigenvalue weighted by atomic mass is 10.1. The van der Waals surface area contributed by atoms with Gasteiger partial charge in [0.25, 0.3) is 11.1 Å². The minimum absolute atomic E-state index is 0.0523. The molecule has 2 aromatic heterocycles. The second-order valence-corrected chi connectivity index (χ2v) is 5.58. The van der Waals surface area contributed by atoms with Crippen LogP contribution in [0.4, 0.5) is 0 Å². The third-order valence-electron chi connectivity index (χ3n) is 3.63. The van der Waals surface area contributed by atoms with Crippen molar-refractivity contribution >= 4 is 0 Å². The van der Waals surface area contributed by atoms with Gasteiger partial charge in [-0.25, -0.2) is 0 Å². The lowest BCUT2D eigenvalue weighted by molar-refractivity contribution is 0.671. The van der Waals surface area contributed by atoms with E-state index >= 15 is 0 Å². The van der Waals surface area contributed by atoms with Crippen LogP contribution < -0.4 is 11.1 Å². The Bertz CT molecular complexity index is 818. The van der Waals surface area contributed by atoms with Crippen molar-refractivity contribution in [1.82, 2.24) is 19.6 Å². The smallest absolute Gasteiger partial charge is 0.266 e. The van der Waals surface area contributed by atoms with Crippen LogP contribution in [0.2, 0.25) is 0 Å². The Morgan fingerprint density at radius 2 is 1.14 bits per heavy atom. The fraction of sp³-hybridized carbons (Fsp3) is 0.250. The van der Waals surface area contributed by atoms with E-state index in [1.807, 2.05) is 36.7 Å². The first kappa shape index (κ1) is 14.2. The third kappa shape index (κ3) is 2.95. The van der Waals surface area contributed by atoms with Gasteiger partial charge in [-0.1, -0.05) is 24.3 Å². The highest BCUT2D eigenvalue weighted by molar-refractivity contribution is 5.23. The van der Waals surface area contributed by atoms with E-state index in [0.717, 1.165) is 11.1 Å². The maximum absolute atomic E-state index is 11.4. The number of aryl methyl sites for hydroxylation is 2. The molecule has 0 amide bonds. The molecule has 3 aromatic rings. The number of aromatic amines is 2. The molecule has 0 fully saturated rings. The van der Waals surface area contributed by atoms with Gasteiger partial charge in [-0.2, -0.15) is 0 Å². The van der Waals surface area contributed by atoms with Gasteiger partial charge in [0.1, 0.15) is 0 Å². The van der Waals surface area contributed by atoms with E-state index in [2.05, 4.69) is 10.2 Å². The van der Waals surface area contributed by atoms with E-state index in [0.29, 0.717) is 24.2 Å². The van der Waals surface area contributed by atoms with E-state index in [1.54, 1.807) is 23.2 Å². The molecule has 0 aliphatic rings. The van der Waals surface area contributed by atoms with Gasteiger partial charge in [0, 0.05) is 23.5 Å². The van der Waals surface area contributed by atoms with E-state index in [1.165, 1.54) is 0 Å². The van der Waals surface area contributed by atoms with Gasteiger partial charge in [0.05, 0.1) is 13.1 Å². The SMILES string of the molecule is Cc1cn(Cc2ccc(Cn3cc(C)c(=O)[nH]3)cc2)[nH]c1=O. The van der Waals surface area contributed by atoms with Crippen LogP contribution in [-0.4, -0.2) is 19.6 Å². The largest absolute Gasteiger partial charge is 0.288 e. The van der Waals surface area contributed by atoms with Crippen LogP contribution in [0.5, 0.6) is 0 Å². The topological polar surface area (TPSA) is 75.6 Å². The normalized spacial score (nSPS) is 11.0. The molecule has 2 heterocycles. The molecule has 0 saturated heterocycles. The lowest BCUT2D eigenvalue weighted by Crippen LogP contribution is -2.08. The summed E-state index contributed by atoms with van der Waals surface area (Å²) in [5.74, 6) is 0. The first-order valence-corrected chi connectivity index (χ1v) is 7.11. The Morgan fingerprint density at radius 1 is 0.773 bits per heavy atom. The summed E-state index contributed by atoms with van der Waals surface area (Å²) in [6.07, 6.45) is 3.62. The highest BCUT2D eigenvalue weighted by Crippen LogP contribution is 2.07. The van der Waals surface area contributed by atoms with Crippen molar-refractivity contribution in [1.29, 1.82) is 0 Å². The van der Waals surface area contributed by atoms with Crippen LogP contribution in [0.1, 0.15) is 22.3 Å². The number of hydrogen-bond donors (Lipinski definition) is 2. The molecule has 1 aromatic carbocycles. The molecule has 6 nitrogen and oxygen atoms in total. The van der Waals surface area contributed by atoms with Gasteiger partial charge >= 0.3 is 0 Å². The maximum atomic E-state index is 11.4. The van der Waals surface area contributed by atoms with Crippen molar-refractivity contribution in [3.63, 3.8) is 0 Å². The first-order chi connectivity index (χ1) is 10.5. The third-order valence-corrected chi connectivity index (χ3v) is 3.63. The Kier molecular flexibility index (Phi) is 3.58. The molecule has 0 saturated carbocycles. The highest BCUT2D eigenvalue weighted by Gasteiger charge is 2.02. The number of benzene rings is 1. The molecule has 3 rings (SSSR count). The number of nitrogens with zero attached hydrogens (tertiary/aromatic N) is 2. The summed E-state index contributed by atoms with van der Waals surface area (Å²) >= 11 is 0. The molecule has 0 spiro atoms. The molecule has 0 atom stereocenters. The van der Waals surface area contributed by atoms with Gasteiger partial charge in [0.2, 0.25) is 0 Å². The highest BCUT2D eigenvalue weighted by atomic mass is 16.1. The maximum Gasteiger partial charge on any atom is 0.266 e. The van der Waals surface area contributed by atoms with Crippen LogP contribution in [0.3, 0.4) is 0 Å². The average Bonchev–Trinajstić information content (AvgIpc) is 2.95. The van der Waals surface area contributed by atoms with Crippen molar-refractivity contribution in [2.45, 2.75) is 26.9 Å². The second kappa shape index (κ2) is 5.55. The molecule has 0 radical (unpaired) electrons. The van der Waals surface area contributed by atoms with Gasteiger partial charge in [-0.05, 0) is 25.0 Å². The van der Waals surface area contributed by atoms with Gasteiger partial charge in [-0.15, -0.1) is 0 Å². The lowest BCUT2D eigenvalue weighted by Gasteiger charge is -2.06. The Hall–Kier alpha value is -2.76. The zero-order valence-electron chi connectivity index (χ0n) is 12.6. The first-order valence-electron chi connectivity index (χ1n) is 7.11.